The molecule has 0 bridgehead atoms. The number of aliphatic hydroxyl groups excluding tert-OH is 1. The lowest BCUT2D eigenvalue weighted by molar-refractivity contribution is 0.0941. The Bertz CT molecular complexity index is 736. The molecule has 1 saturated carbocycles. The van der Waals surface area contributed by atoms with Crippen molar-refractivity contribution in [3.63, 3.8) is 0 Å². The summed E-state index contributed by atoms with van der Waals surface area (Å²) in [4.78, 5) is 16.5. The SMILES string of the molecule is Cc1nc(C(NC(=O)NC2CCCCC2O)c2ccccc2F)no1. The molecule has 0 radical (unpaired) electrons. The van der Waals surface area contributed by atoms with Crippen LogP contribution in [0.3, 0.4) is 0 Å². The van der Waals surface area contributed by atoms with E-state index in [1.165, 1.54) is 6.07 Å². The lowest BCUT2D eigenvalue weighted by atomic mass is 9.93. The Kier molecular flexibility index (Phi) is 5.28. The minimum atomic E-state index is -0.889. The van der Waals surface area contributed by atoms with Gasteiger partial charge in [-0.3, -0.25) is 0 Å². The summed E-state index contributed by atoms with van der Waals surface area (Å²) in [5.41, 5.74) is 0.239. The molecule has 1 aliphatic carbocycles. The van der Waals surface area contributed by atoms with Gasteiger partial charge >= 0.3 is 6.03 Å². The van der Waals surface area contributed by atoms with Crippen LogP contribution in [0.25, 0.3) is 0 Å². The molecule has 1 aromatic heterocycles. The Balaban J connectivity index is 1.78. The third kappa shape index (κ3) is 4.14. The van der Waals surface area contributed by atoms with E-state index in [0.717, 1.165) is 12.8 Å². The zero-order valence-electron chi connectivity index (χ0n) is 13.9. The Morgan fingerprint density at radius 2 is 2.12 bits per heavy atom. The standard InChI is InChI=1S/C17H21FN4O3/c1-10-19-16(22-25-10)15(11-6-2-3-7-12(11)18)21-17(24)20-13-8-4-5-9-14(13)23/h2-3,6-7,13-15,23H,4-5,8-9H2,1H3,(H2,20,21,24). The maximum absolute atomic E-state index is 14.2. The van der Waals surface area contributed by atoms with Gasteiger partial charge in [0, 0.05) is 12.5 Å². The van der Waals surface area contributed by atoms with Gasteiger partial charge in [-0.1, -0.05) is 36.2 Å². The van der Waals surface area contributed by atoms with E-state index < -0.39 is 24.0 Å². The Labute approximate surface area is 144 Å². The maximum atomic E-state index is 14.2. The fourth-order valence-corrected chi connectivity index (χ4v) is 3.04. The molecule has 0 saturated heterocycles. The number of hydrogen-bond acceptors (Lipinski definition) is 5. The largest absolute Gasteiger partial charge is 0.391 e. The summed E-state index contributed by atoms with van der Waals surface area (Å²) in [6.07, 6.45) is 2.69. The second-order valence-electron chi connectivity index (χ2n) is 6.20. The van der Waals surface area contributed by atoms with E-state index in [1.54, 1.807) is 25.1 Å². The van der Waals surface area contributed by atoms with Crippen LogP contribution in [0.4, 0.5) is 9.18 Å². The van der Waals surface area contributed by atoms with Crippen LogP contribution < -0.4 is 10.6 Å². The molecule has 8 heteroatoms. The van der Waals surface area contributed by atoms with Gasteiger partial charge in [0.2, 0.25) is 5.89 Å². The molecule has 3 N–H and O–H groups in total. The fourth-order valence-electron chi connectivity index (χ4n) is 3.04. The maximum Gasteiger partial charge on any atom is 0.315 e. The summed E-state index contributed by atoms with van der Waals surface area (Å²) >= 11 is 0. The number of aryl methyl sites for hydroxylation is 1. The van der Waals surface area contributed by atoms with Gasteiger partial charge < -0.3 is 20.3 Å². The number of amides is 2. The summed E-state index contributed by atoms with van der Waals surface area (Å²) < 4.78 is 19.2. The van der Waals surface area contributed by atoms with Gasteiger partial charge in [-0.05, 0) is 18.9 Å². The summed E-state index contributed by atoms with van der Waals surface area (Å²) in [5, 5.41) is 19.2. The molecule has 1 fully saturated rings. The van der Waals surface area contributed by atoms with Crippen molar-refractivity contribution in [2.45, 2.75) is 50.8 Å². The van der Waals surface area contributed by atoms with Crippen LogP contribution in [-0.2, 0) is 0 Å². The fraction of sp³-hybridized carbons (Fsp3) is 0.471. The van der Waals surface area contributed by atoms with E-state index in [9.17, 15) is 14.3 Å². The summed E-state index contributed by atoms with van der Waals surface area (Å²) in [7, 11) is 0. The van der Waals surface area contributed by atoms with Gasteiger partial charge in [-0.15, -0.1) is 0 Å². The highest BCUT2D eigenvalue weighted by molar-refractivity contribution is 5.75. The third-order valence-electron chi connectivity index (χ3n) is 4.34. The van der Waals surface area contributed by atoms with Crippen molar-refractivity contribution >= 4 is 6.03 Å². The molecule has 0 aliphatic heterocycles. The van der Waals surface area contributed by atoms with Crippen LogP contribution in [-0.4, -0.2) is 33.4 Å². The number of halogens is 1. The lowest BCUT2D eigenvalue weighted by Gasteiger charge is -2.29. The summed E-state index contributed by atoms with van der Waals surface area (Å²) in [5.74, 6) is 0.0103. The Hall–Kier alpha value is -2.48. The summed E-state index contributed by atoms with van der Waals surface area (Å²) in [6.45, 7) is 1.62. The molecule has 134 valence electrons. The molecule has 3 rings (SSSR count). The number of hydrogen-bond donors (Lipinski definition) is 3. The van der Waals surface area contributed by atoms with Crippen molar-refractivity contribution in [1.82, 2.24) is 20.8 Å². The number of carbonyl (C=O) groups excluding carboxylic acids is 1. The molecular weight excluding hydrogens is 327 g/mol. The first-order chi connectivity index (χ1) is 12.0. The number of aromatic nitrogens is 2. The predicted octanol–water partition coefficient (Wildman–Crippen LogP) is 2.21. The van der Waals surface area contributed by atoms with Gasteiger partial charge in [0.1, 0.15) is 11.9 Å². The van der Waals surface area contributed by atoms with Gasteiger partial charge in [0.25, 0.3) is 0 Å². The topological polar surface area (TPSA) is 100 Å². The first kappa shape index (κ1) is 17.3. The van der Waals surface area contributed by atoms with Crippen molar-refractivity contribution in [3.05, 3.63) is 47.4 Å². The van der Waals surface area contributed by atoms with E-state index in [0.29, 0.717) is 18.7 Å². The highest BCUT2D eigenvalue weighted by atomic mass is 19.1. The van der Waals surface area contributed by atoms with E-state index in [1.807, 2.05) is 0 Å². The molecule has 2 aromatic rings. The number of nitrogens with zero attached hydrogens (tertiary/aromatic N) is 2. The van der Waals surface area contributed by atoms with Gasteiger partial charge in [-0.25, -0.2) is 9.18 Å². The first-order valence-electron chi connectivity index (χ1n) is 8.34. The Morgan fingerprint density at radius 1 is 1.36 bits per heavy atom. The minimum Gasteiger partial charge on any atom is -0.391 e. The number of nitrogens with one attached hydrogen (secondary N) is 2. The van der Waals surface area contributed by atoms with Crippen molar-refractivity contribution in [3.8, 4) is 0 Å². The van der Waals surface area contributed by atoms with Crippen LogP contribution in [0.5, 0.6) is 0 Å². The second-order valence-corrected chi connectivity index (χ2v) is 6.20. The van der Waals surface area contributed by atoms with Crippen LogP contribution in [0.1, 0.15) is 49.0 Å². The highest BCUT2D eigenvalue weighted by Gasteiger charge is 2.28. The second kappa shape index (κ2) is 7.60. The molecule has 3 unspecified atom stereocenters. The molecule has 3 atom stereocenters. The van der Waals surface area contributed by atoms with Crippen LogP contribution in [0.2, 0.25) is 0 Å². The minimum absolute atomic E-state index is 0.168. The van der Waals surface area contributed by atoms with Crippen molar-refractivity contribution < 1.29 is 18.8 Å². The smallest absolute Gasteiger partial charge is 0.315 e. The van der Waals surface area contributed by atoms with Crippen LogP contribution in [0.15, 0.2) is 28.8 Å². The number of aliphatic hydroxyl groups is 1. The molecule has 1 aromatic carbocycles. The van der Waals surface area contributed by atoms with Gasteiger partial charge in [0.05, 0.1) is 12.1 Å². The quantitative estimate of drug-likeness (QED) is 0.786. The molecule has 25 heavy (non-hydrogen) atoms. The average molecular weight is 348 g/mol. The van der Waals surface area contributed by atoms with Crippen LogP contribution in [0, 0.1) is 12.7 Å². The zero-order valence-corrected chi connectivity index (χ0v) is 13.9. The summed E-state index contributed by atoms with van der Waals surface area (Å²) in [6, 6.07) is 4.38. The van der Waals surface area contributed by atoms with E-state index in [2.05, 4.69) is 20.8 Å². The number of rotatable bonds is 4. The normalized spacial score (nSPS) is 21.6. The van der Waals surface area contributed by atoms with E-state index in [4.69, 9.17) is 4.52 Å². The average Bonchev–Trinajstić information content (AvgIpc) is 3.02. The monoisotopic (exact) mass is 348 g/mol. The number of carbonyl (C=O) groups is 1. The zero-order chi connectivity index (χ0) is 17.8. The molecular formula is C17H21FN4O3. The Morgan fingerprint density at radius 3 is 2.80 bits per heavy atom. The first-order valence-corrected chi connectivity index (χ1v) is 8.34. The van der Waals surface area contributed by atoms with Gasteiger partial charge in [-0.2, -0.15) is 4.98 Å². The molecule has 7 nitrogen and oxygen atoms in total. The van der Waals surface area contributed by atoms with Gasteiger partial charge in [0.15, 0.2) is 5.82 Å². The highest BCUT2D eigenvalue weighted by Crippen LogP contribution is 2.23. The van der Waals surface area contributed by atoms with Crippen molar-refractivity contribution in [1.29, 1.82) is 0 Å². The molecule has 1 heterocycles. The number of benzene rings is 1. The van der Waals surface area contributed by atoms with E-state index >= 15 is 0 Å². The predicted molar refractivity (Wildman–Crippen MR) is 87.2 cm³/mol. The van der Waals surface area contributed by atoms with E-state index in [-0.39, 0.29) is 17.4 Å². The molecule has 1 aliphatic rings. The molecule has 2 amide bonds. The third-order valence-corrected chi connectivity index (χ3v) is 4.34. The van der Waals surface area contributed by atoms with Crippen molar-refractivity contribution in [2.75, 3.05) is 0 Å². The van der Waals surface area contributed by atoms with Crippen molar-refractivity contribution in [2.24, 2.45) is 0 Å². The number of urea groups is 1. The van der Waals surface area contributed by atoms with Crippen LogP contribution >= 0.6 is 0 Å². The lowest BCUT2D eigenvalue weighted by Crippen LogP contribution is -2.49. The molecule has 0 spiro atoms.